The molecule has 1 aromatic heterocycles. The van der Waals surface area contributed by atoms with E-state index < -0.39 is 24.2 Å². The number of nitrogen functional groups attached to an aromatic ring is 1. The lowest BCUT2D eigenvalue weighted by Crippen LogP contribution is -2.35. The minimum absolute atomic E-state index is 0.0131. The molecule has 1 aliphatic rings. The SMILES string of the molecule is COc1ccc(C=Cc2c(Cl)nc(N)nc2NC2CC(CO)C(O)C2O)cc1. The van der Waals surface area contributed by atoms with Crippen molar-refractivity contribution < 1.29 is 20.1 Å². The average Bonchev–Trinajstić information content (AvgIpc) is 2.95. The molecule has 1 saturated carbocycles. The lowest BCUT2D eigenvalue weighted by Gasteiger charge is -2.20. The monoisotopic (exact) mass is 406 g/mol. The van der Waals surface area contributed by atoms with Crippen LogP contribution in [0.5, 0.6) is 5.75 Å². The molecule has 9 heteroatoms. The number of nitrogens with zero attached hydrogens (tertiary/aromatic N) is 2. The molecule has 0 spiro atoms. The Labute approximate surface area is 167 Å². The van der Waals surface area contributed by atoms with Gasteiger partial charge in [-0.3, -0.25) is 0 Å². The van der Waals surface area contributed by atoms with E-state index in [1.54, 1.807) is 13.2 Å². The maximum Gasteiger partial charge on any atom is 0.223 e. The molecular weight excluding hydrogens is 384 g/mol. The van der Waals surface area contributed by atoms with E-state index in [2.05, 4.69) is 15.3 Å². The quantitative estimate of drug-likeness (QED) is 0.454. The van der Waals surface area contributed by atoms with Gasteiger partial charge in [-0.05, 0) is 30.2 Å². The molecule has 0 aliphatic heterocycles. The van der Waals surface area contributed by atoms with Gasteiger partial charge in [0.1, 0.15) is 22.8 Å². The number of aromatic nitrogens is 2. The van der Waals surface area contributed by atoms with Gasteiger partial charge in [-0.1, -0.05) is 29.8 Å². The summed E-state index contributed by atoms with van der Waals surface area (Å²) >= 11 is 6.26. The second kappa shape index (κ2) is 8.74. The van der Waals surface area contributed by atoms with Crippen LogP contribution < -0.4 is 15.8 Å². The van der Waals surface area contributed by atoms with Crippen molar-refractivity contribution in [1.82, 2.24) is 9.97 Å². The van der Waals surface area contributed by atoms with Crippen LogP contribution in [0.3, 0.4) is 0 Å². The van der Waals surface area contributed by atoms with Gasteiger partial charge in [-0.25, -0.2) is 4.98 Å². The summed E-state index contributed by atoms with van der Waals surface area (Å²) in [6.45, 7) is -0.215. The fourth-order valence-electron chi connectivity index (χ4n) is 3.23. The Balaban J connectivity index is 1.86. The molecule has 0 amide bonds. The van der Waals surface area contributed by atoms with E-state index in [1.807, 2.05) is 30.3 Å². The molecule has 0 bridgehead atoms. The first-order valence-electron chi connectivity index (χ1n) is 8.81. The Morgan fingerprint density at radius 3 is 2.54 bits per heavy atom. The summed E-state index contributed by atoms with van der Waals surface area (Å²) in [5.41, 5.74) is 7.13. The van der Waals surface area contributed by atoms with E-state index in [0.717, 1.165) is 11.3 Å². The fraction of sp³-hybridized carbons (Fsp3) is 0.368. The highest BCUT2D eigenvalue weighted by Gasteiger charge is 2.41. The van der Waals surface area contributed by atoms with Gasteiger partial charge in [-0.15, -0.1) is 0 Å². The standard InChI is InChI=1S/C19H23ClN4O4/c1-28-12-5-2-10(3-6-12)4-7-13-17(20)23-19(21)24-18(13)22-14-8-11(9-25)15(26)16(14)27/h2-7,11,14-16,25-27H,8-9H2,1H3,(H3,21,22,23,24). The molecular formula is C19H23ClN4O4. The molecule has 1 heterocycles. The van der Waals surface area contributed by atoms with Gasteiger partial charge >= 0.3 is 0 Å². The van der Waals surface area contributed by atoms with E-state index in [1.165, 1.54) is 0 Å². The Bertz CT molecular complexity index is 847. The molecule has 0 radical (unpaired) electrons. The Kier molecular flexibility index (Phi) is 6.35. The van der Waals surface area contributed by atoms with Crippen molar-refractivity contribution in [1.29, 1.82) is 0 Å². The lowest BCUT2D eigenvalue weighted by molar-refractivity contribution is 0.00445. The second-order valence-electron chi connectivity index (χ2n) is 6.65. The third-order valence-electron chi connectivity index (χ3n) is 4.83. The van der Waals surface area contributed by atoms with Gasteiger partial charge in [0.15, 0.2) is 0 Å². The minimum atomic E-state index is -1.05. The summed E-state index contributed by atoms with van der Waals surface area (Å²) in [7, 11) is 1.60. The van der Waals surface area contributed by atoms with Crippen LogP contribution in [0.15, 0.2) is 24.3 Å². The fourth-order valence-corrected chi connectivity index (χ4v) is 3.47. The summed E-state index contributed by atoms with van der Waals surface area (Å²) < 4.78 is 5.14. The molecule has 8 nitrogen and oxygen atoms in total. The molecule has 4 atom stereocenters. The molecule has 4 unspecified atom stereocenters. The number of hydrogen-bond donors (Lipinski definition) is 5. The van der Waals surface area contributed by atoms with E-state index in [9.17, 15) is 15.3 Å². The summed E-state index contributed by atoms with van der Waals surface area (Å²) in [5, 5.41) is 32.9. The maximum atomic E-state index is 10.2. The highest BCUT2D eigenvalue weighted by atomic mass is 35.5. The highest BCUT2D eigenvalue weighted by Crippen LogP contribution is 2.31. The third-order valence-corrected chi connectivity index (χ3v) is 5.12. The first-order chi connectivity index (χ1) is 13.4. The van der Waals surface area contributed by atoms with Crippen LogP contribution in [0, 0.1) is 5.92 Å². The summed E-state index contributed by atoms with van der Waals surface area (Å²) in [6, 6.07) is 6.94. The number of nitrogens with two attached hydrogens (primary N) is 1. The zero-order valence-electron chi connectivity index (χ0n) is 15.3. The van der Waals surface area contributed by atoms with Crippen molar-refractivity contribution in [2.45, 2.75) is 24.7 Å². The van der Waals surface area contributed by atoms with Gasteiger partial charge in [0.2, 0.25) is 5.95 Å². The van der Waals surface area contributed by atoms with E-state index in [4.69, 9.17) is 22.1 Å². The minimum Gasteiger partial charge on any atom is -0.497 e. The van der Waals surface area contributed by atoms with Crippen molar-refractivity contribution in [3.8, 4) is 5.75 Å². The van der Waals surface area contributed by atoms with Crippen LogP contribution in [0.1, 0.15) is 17.5 Å². The van der Waals surface area contributed by atoms with Crippen molar-refractivity contribution >= 4 is 35.5 Å². The number of rotatable bonds is 6. The highest BCUT2D eigenvalue weighted by molar-refractivity contribution is 6.31. The van der Waals surface area contributed by atoms with Gasteiger partial charge < -0.3 is 31.1 Å². The number of anilines is 2. The molecule has 0 saturated heterocycles. The number of aliphatic hydroxyl groups excluding tert-OH is 3. The first-order valence-corrected chi connectivity index (χ1v) is 9.19. The zero-order chi connectivity index (χ0) is 20.3. The van der Waals surface area contributed by atoms with Crippen molar-refractivity contribution in [3.63, 3.8) is 0 Å². The average molecular weight is 407 g/mol. The summed E-state index contributed by atoms with van der Waals surface area (Å²) in [5.74, 6) is 0.666. The van der Waals surface area contributed by atoms with E-state index in [-0.39, 0.29) is 17.7 Å². The third kappa shape index (κ3) is 4.36. The van der Waals surface area contributed by atoms with Gasteiger partial charge in [-0.2, -0.15) is 4.98 Å². The number of benzene rings is 1. The van der Waals surface area contributed by atoms with Crippen LogP contribution in [-0.4, -0.2) is 57.3 Å². The van der Waals surface area contributed by atoms with Crippen LogP contribution in [0.4, 0.5) is 11.8 Å². The van der Waals surface area contributed by atoms with Gasteiger partial charge in [0.25, 0.3) is 0 Å². The normalized spacial score (nSPS) is 24.6. The molecule has 1 fully saturated rings. The predicted molar refractivity (Wildman–Crippen MR) is 108 cm³/mol. The summed E-state index contributed by atoms with van der Waals surface area (Å²) in [6.07, 6.45) is 1.89. The van der Waals surface area contributed by atoms with E-state index >= 15 is 0 Å². The van der Waals surface area contributed by atoms with Crippen molar-refractivity contribution in [2.75, 3.05) is 24.8 Å². The van der Waals surface area contributed by atoms with Crippen LogP contribution >= 0.6 is 11.6 Å². The van der Waals surface area contributed by atoms with Crippen LogP contribution in [0.2, 0.25) is 5.15 Å². The maximum absolute atomic E-state index is 10.2. The lowest BCUT2D eigenvalue weighted by atomic mass is 10.1. The number of halogens is 1. The molecule has 1 aromatic carbocycles. The number of aliphatic hydroxyl groups is 3. The zero-order valence-corrected chi connectivity index (χ0v) is 16.0. The molecule has 150 valence electrons. The number of methoxy groups -OCH3 is 1. The number of ether oxygens (including phenoxy) is 1. The van der Waals surface area contributed by atoms with Crippen molar-refractivity contribution in [2.24, 2.45) is 5.92 Å². The Morgan fingerprint density at radius 2 is 1.93 bits per heavy atom. The number of hydrogen-bond acceptors (Lipinski definition) is 8. The molecule has 3 rings (SSSR count). The van der Waals surface area contributed by atoms with Crippen LogP contribution in [-0.2, 0) is 0 Å². The second-order valence-corrected chi connectivity index (χ2v) is 7.01. The van der Waals surface area contributed by atoms with E-state index in [0.29, 0.717) is 17.8 Å². The Morgan fingerprint density at radius 1 is 1.21 bits per heavy atom. The predicted octanol–water partition coefficient (Wildman–Crippen LogP) is 1.41. The molecule has 28 heavy (non-hydrogen) atoms. The molecule has 6 N–H and O–H groups in total. The first kappa shape index (κ1) is 20.3. The largest absolute Gasteiger partial charge is 0.497 e. The van der Waals surface area contributed by atoms with Gasteiger partial charge in [0.05, 0.1) is 24.8 Å². The molecule has 2 aromatic rings. The molecule has 1 aliphatic carbocycles. The van der Waals surface area contributed by atoms with Crippen LogP contribution in [0.25, 0.3) is 12.2 Å². The van der Waals surface area contributed by atoms with Crippen molar-refractivity contribution in [3.05, 3.63) is 40.5 Å². The number of nitrogens with one attached hydrogen (secondary N) is 1. The Hall–Kier alpha value is -2.39. The van der Waals surface area contributed by atoms with Gasteiger partial charge in [0, 0.05) is 12.5 Å². The summed E-state index contributed by atoms with van der Waals surface area (Å²) in [4.78, 5) is 8.17. The smallest absolute Gasteiger partial charge is 0.223 e. The topological polar surface area (TPSA) is 134 Å².